The van der Waals surface area contributed by atoms with Crippen molar-refractivity contribution in [2.75, 3.05) is 13.2 Å². The van der Waals surface area contributed by atoms with Crippen molar-refractivity contribution >= 4 is 11.0 Å². The van der Waals surface area contributed by atoms with Crippen molar-refractivity contribution in [3.05, 3.63) is 29.3 Å². The van der Waals surface area contributed by atoms with Crippen LogP contribution < -0.4 is 9.46 Å². The van der Waals surface area contributed by atoms with Crippen LogP contribution in [0.2, 0.25) is 0 Å². The number of fused-ring (bicyclic) bond motifs is 3. The van der Waals surface area contributed by atoms with Gasteiger partial charge < -0.3 is 4.74 Å². The standard InChI is InChI=1S/C16H18F5NO2S/c1-15-6-2-3-9(7-22-25(23)16(19,20)21)10(15)8-24-14-12(18)5-4-11(17)13(14)15/h4-5,9-10,22H,2-3,6-8H2,1H3/t9?,10?,15-,25?/m1/s1. The number of alkyl halides is 3. The molecule has 1 saturated carbocycles. The molecule has 0 bridgehead atoms. The third kappa shape index (κ3) is 3.28. The molecule has 0 radical (unpaired) electrons. The van der Waals surface area contributed by atoms with E-state index in [0.717, 1.165) is 12.1 Å². The van der Waals surface area contributed by atoms with E-state index < -0.39 is 33.5 Å². The molecule has 3 unspecified atom stereocenters. The highest BCUT2D eigenvalue weighted by molar-refractivity contribution is 7.83. The van der Waals surface area contributed by atoms with E-state index in [1.54, 1.807) is 6.92 Å². The van der Waals surface area contributed by atoms with E-state index in [1.165, 1.54) is 0 Å². The number of benzene rings is 1. The number of hydrogen-bond donors (Lipinski definition) is 1. The molecule has 0 aromatic heterocycles. The van der Waals surface area contributed by atoms with Crippen LogP contribution in [0, 0.1) is 23.5 Å². The number of ether oxygens (including phenoxy) is 1. The number of halogens is 5. The Morgan fingerprint density at radius 1 is 1.32 bits per heavy atom. The summed E-state index contributed by atoms with van der Waals surface area (Å²) in [6.45, 7) is 1.77. The minimum absolute atomic E-state index is 0.0921. The predicted molar refractivity (Wildman–Crippen MR) is 82.2 cm³/mol. The molecule has 4 atom stereocenters. The van der Waals surface area contributed by atoms with Crippen molar-refractivity contribution in [1.29, 1.82) is 0 Å². The quantitative estimate of drug-likeness (QED) is 0.807. The average molecular weight is 383 g/mol. The maximum absolute atomic E-state index is 14.4. The molecule has 3 nitrogen and oxygen atoms in total. The van der Waals surface area contributed by atoms with Gasteiger partial charge in [-0.15, -0.1) is 0 Å². The highest BCUT2D eigenvalue weighted by Gasteiger charge is 2.50. The number of rotatable bonds is 3. The lowest BCUT2D eigenvalue weighted by Gasteiger charge is -2.49. The Morgan fingerprint density at radius 2 is 2.00 bits per heavy atom. The van der Waals surface area contributed by atoms with E-state index in [0.29, 0.717) is 19.3 Å². The third-order valence-corrected chi connectivity index (χ3v) is 6.23. The van der Waals surface area contributed by atoms with E-state index in [4.69, 9.17) is 4.74 Å². The van der Waals surface area contributed by atoms with Crippen molar-refractivity contribution in [3.8, 4) is 5.75 Å². The van der Waals surface area contributed by atoms with Crippen LogP contribution in [0.15, 0.2) is 12.1 Å². The smallest absolute Gasteiger partial charge is 0.485 e. The van der Waals surface area contributed by atoms with Crippen LogP contribution in [-0.4, -0.2) is 22.9 Å². The Bertz CT molecular complexity index is 696. The summed E-state index contributed by atoms with van der Waals surface area (Å²) in [6.07, 6.45) is 1.86. The van der Waals surface area contributed by atoms with Crippen LogP contribution >= 0.6 is 0 Å². The molecule has 1 aromatic rings. The van der Waals surface area contributed by atoms with Gasteiger partial charge in [-0.3, -0.25) is 0 Å². The van der Waals surface area contributed by atoms with Crippen molar-refractivity contribution in [2.45, 2.75) is 37.1 Å². The summed E-state index contributed by atoms with van der Waals surface area (Å²) in [5.41, 5.74) is -5.40. The number of hydrogen-bond acceptors (Lipinski definition) is 2. The molecule has 1 N–H and O–H groups in total. The second kappa shape index (κ2) is 6.50. The zero-order valence-corrected chi connectivity index (χ0v) is 14.3. The van der Waals surface area contributed by atoms with Crippen LogP contribution in [0.1, 0.15) is 31.7 Å². The van der Waals surface area contributed by atoms with Gasteiger partial charge in [0.25, 0.3) is 0 Å². The first-order valence-corrected chi connectivity index (χ1v) is 9.13. The number of nitrogens with one attached hydrogen (secondary N) is 1. The summed E-state index contributed by atoms with van der Waals surface area (Å²) in [5, 5.41) is 0. The van der Waals surface area contributed by atoms with Gasteiger partial charge in [0.1, 0.15) is 5.82 Å². The largest absolute Gasteiger partial charge is 0.490 e. The lowest BCUT2D eigenvalue weighted by molar-refractivity contribution is -0.0397. The van der Waals surface area contributed by atoms with E-state index in [9.17, 15) is 26.2 Å². The maximum Gasteiger partial charge on any atom is 0.485 e. The molecule has 1 aliphatic carbocycles. The highest BCUT2D eigenvalue weighted by atomic mass is 32.2. The summed E-state index contributed by atoms with van der Waals surface area (Å²) >= 11 is 0. The molecule has 1 fully saturated rings. The Labute approximate surface area is 144 Å². The molecule has 1 heterocycles. The minimum Gasteiger partial charge on any atom is -0.490 e. The van der Waals surface area contributed by atoms with E-state index in [2.05, 4.69) is 0 Å². The fraction of sp³-hybridized carbons (Fsp3) is 0.625. The minimum atomic E-state index is -4.83. The van der Waals surface area contributed by atoms with E-state index >= 15 is 0 Å². The van der Waals surface area contributed by atoms with Crippen molar-refractivity contribution < 1.29 is 30.9 Å². The summed E-state index contributed by atoms with van der Waals surface area (Å²) in [6, 6.07) is 2.05. The fourth-order valence-corrected chi connectivity index (χ4v) is 4.69. The first-order chi connectivity index (χ1) is 11.6. The molecule has 0 saturated heterocycles. The average Bonchev–Trinajstić information content (AvgIpc) is 2.53. The van der Waals surface area contributed by atoms with Crippen LogP contribution in [0.4, 0.5) is 22.0 Å². The lowest BCUT2D eigenvalue weighted by Crippen LogP contribution is -2.50. The SMILES string of the molecule is C[C@@]12CCCC(CNS(=O)C(F)(F)F)C1COc1c(F)ccc(F)c12. The van der Waals surface area contributed by atoms with Gasteiger partial charge in [-0.25, -0.2) is 17.7 Å². The molecule has 0 amide bonds. The van der Waals surface area contributed by atoms with Crippen LogP contribution in [-0.2, 0) is 16.4 Å². The normalized spacial score (nSPS) is 30.2. The summed E-state index contributed by atoms with van der Waals surface area (Å²) in [5.74, 6) is -1.89. The molecule has 0 spiro atoms. The van der Waals surface area contributed by atoms with Crippen molar-refractivity contribution in [2.24, 2.45) is 11.8 Å². The van der Waals surface area contributed by atoms with Gasteiger partial charge in [-0.05, 0) is 30.9 Å². The molecule has 25 heavy (non-hydrogen) atoms. The molecule has 140 valence electrons. The molecular weight excluding hydrogens is 365 g/mol. The predicted octanol–water partition coefficient (Wildman–Crippen LogP) is 3.80. The molecule has 1 aliphatic heterocycles. The van der Waals surface area contributed by atoms with Gasteiger partial charge in [0, 0.05) is 23.4 Å². The molecule has 1 aromatic carbocycles. The first-order valence-electron chi connectivity index (χ1n) is 7.98. The molecule has 3 rings (SSSR count). The van der Waals surface area contributed by atoms with Crippen LogP contribution in [0.5, 0.6) is 5.75 Å². The van der Waals surface area contributed by atoms with Crippen LogP contribution in [0.25, 0.3) is 0 Å². The monoisotopic (exact) mass is 383 g/mol. The van der Waals surface area contributed by atoms with Gasteiger partial charge in [-0.1, -0.05) is 13.3 Å². The van der Waals surface area contributed by atoms with E-state index in [-0.39, 0.29) is 36.3 Å². The Balaban J connectivity index is 1.86. The highest BCUT2D eigenvalue weighted by Crippen LogP contribution is 2.53. The summed E-state index contributed by atoms with van der Waals surface area (Å²) in [4.78, 5) is 0. The van der Waals surface area contributed by atoms with Gasteiger partial charge in [-0.2, -0.15) is 13.2 Å². The van der Waals surface area contributed by atoms with Gasteiger partial charge in [0.2, 0.25) is 0 Å². The van der Waals surface area contributed by atoms with Gasteiger partial charge >= 0.3 is 5.51 Å². The van der Waals surface area contributed by atoms with Crippen molar-refractivity contribution in [3.63, 3.8) is 0 Å². The van der Waals surface area contributed by atoms with Crippen molar-refractivity contribution in [1.82, 2.24) is 4.72 Å². The first kappa shape index (κ1) is 18.6. The summed E-state index contributed by atoms with van der Waals surface area (Å²) < 4.78 is 84.3. The molecule has 2 aliphatic rings. The zero-order valence-electron chi connectivity index (χ0n) is 13.5. The zero-order chi connectivity index (χ0) is 18.4. The van der Waals surface area contributed by atoms with Gasteiger partial charge in [0.15, 0.2) is 22.6 Å². The molecular formula is C16H18F5NO2S. The third-order valence-electron chi connectivity index (χ3n) is 5.38. The van der Waals surface area contributed by atoms with Crippen LogP contribution in [0.3, 0.4) is 0 Å². The molecule has 9 heteroatoms. The Morgan fingerprint density at radius 3 is 2.68 bits per heavy atom. The fourth-order valence-electron chi connectivity index (χ4n) is 4.16. The summed E-state index contributed by atoms with van der Waals surface area (Å²) in [7, 11) is -3.14. The van der Waals surface area contributed by atoms with Gasteiger partial charge in [0.05, 0.1) is 6.61 Å². The maximum atomic E-state index is 14.4. The second-order valence-electron chi connectivity index (χ2n) is 6.78. The van der Waals surface area contributed by atoms with E-state index in [1.807, 2.05) is 4.72 Å². The Hall–Kier alpha value is -1.22. The lowest BCUT2D eigenvalue weighted by atomic mass is 9.58. The topological polar surface area (TPSA) is 38.3 Å². The Kier molecular flexibility index (Phi) is 4.83. The second-order valence-corrected chi connectivity index (χ2v) is 8.07.